The van der Waals surface area contributed by atoms with Gasteiger partial charge in [0.25, 0.3) is 0 Å². The number of allylic oxidation sites excluding steroid dienone is 2. The van der Waals surface area contributed by atoms with Gasteiger partial charge in [-0.1, -0.05) is 50.2 Å². The van der Waals surface area contributed by atoms with Crippen LogP contribution >= 0.6 is 0 Å². The highest BCUT2D eigenvalue weighted by Gasteiger charge is 2.36. The maximum absolute atomic E-state index is 12.7. The summed E-state index contributed by atoms with van der Waals surface area (Å²) in [6.45, 7) is 4.37. The van der Waals surface area contributed by atoms with Gasteiger partial charge in [-0.15, -0.1) is 0 Å². The number of pyridine rings is 1. The molecule has 1 aliphatic heterocycles. The van der Waals surface area contributed by atoms with Crippen molar-refractivity contribution in [2.75, 3.05) is 4.90 Å². The van der Waals surface area contributed by atoms with Crippen molar-refractivity contribution in [2.24, 2.45) is 5.73 Å². The molecule has 4 rings (SSSR count). The molecule has 0 amide bonds. The molecule has 0 radical (unpaired) electrons. The van der Waals surface area contributed by atoms with E-state index in [0.29, 0.717) is 6.08 Å². The Bertz CT molecular complexity index is 1130. The summed E-state index contributed by atoms with van der Waals surface area (Å²) in [6.07, 6.45) is -2.54. The predicted molar refractivity (Wildman–Crippen MR) is 116 cm³/mol. The first-order valence-electron chi connectivity index (χ1n) is 9.69. The van der Waals surface area contributed by atoms with E-state index in [0.717, 1.165) is 28.2 Å². The normalized spacial score (nSPS) is 15.3. The Morgan fingerprint density at radius 2 is 1.52 bits per heavy atom. The van der Waals surface area contributed by atoms with Gasteiger partial charge in [0.05, 0.1) is 34.7 Å². The average molecular weight is 422 g/mol. The van der Waals surface area contributed by atoms with Crippen LogP contribution in [0.4, 0.5) is 30.2 Å². The van der Waals surface area contributed by atoms with Crippen LogP contribution in [-0.2, 0) is 5.41 Å². The topological polar surface area (TPSA) is 66.0 Å². The lowest BCUT2D eigenvalue weighted by atomic mass is 9.73. The molecule has 0 bridgehead atoms. The standard InChI is InChI=1S/C24H21F3N4/c1-23(2)16-7-3-5-9-20(16)31(21-10-6-4-8-17(21)23)15-11-12-19(30-14-15)18(28)13-22(29)24(25,26)27/h3-14,28H,29H2,1-2H3. The fourth-order valence-corrected chi connectivity index (χ4v) is 3.94. The van der Waals surface area contributed by atoms with E-state index in [1.807, 2.05) is 36.4 Å². The van der Waals surface area contributed by atoms with Gasteiger partial charge in [0.1, 0.15) is 5.70 Å². The Morgan fingerprint density at radius 1 is 0.968 bits per heavy atom. The van der Waals surface area contributed by atoms with Crippen LogP contribution in [0, 0.1) is 5.41 Å². The Kier molecular flexibility index (Phi) is 4.84. The number of benzene rings is 2. The number of alkyl halides is 3. The second-order valence-corrected chi connectivity index (χ2v) is 7.91. The third kappa shape index (κ3) is 3.56. The first-order chi connectivity index (χ1) is 14.6. The monoisotopic (exact) mass is 422 g/mol. The fourth-order valence-electron chi connectivity index (χ4n) is 3.94. The Balaban J connectivity index is 1.77. The summed E-state index contributed by atoms with van der Waals surface area (Å²) in [5.41, 5.74) is 8.30. The Hall–Kier alpha value is -3.61. The first-order valence-corrected chi connectivity index (χ1v) is 9.69. The number of hydrogen-bond acceptors (Lipinski definition) is 4. The van der Waals surface area contributed by atoms with Gasteiger partial charge in [-0.25, -0.2) is 0 Å². The maximum atomic E-state index is 12.7. The minimum Gasteiger partial charge on any atom is -0.395 e. The lowest BCUT2D eigenvalue weighted by Crippen LogP contribution is -2.30. The van der Waals surface area contributed by atoms with E-state index in [2.05, 4.69) is 35.9 Å². The van der Waals surface area contributed by atoms with Gasteiger partial charge in [-0.3, -0.25) is 10.4 Å². The second kappa shape index (κ2) is 7.27. The summed E-state index contributed by atoms with van der Waals surface area (Å²) in [5, 5.41) is 7.91. The van der Waals surface area contributed by atoms with E-state index in [1.54, 1.807) is 12.3 Å². The molecular weight excluding hydrogens is 401 g/mol. The van der Waals surface area contributed by atoms with Crippen molar-refractivity contribution >= 4 is 22.8 Å². The van der Waals surface area contributed by atoms with Crippen molar-refractivity contribution < 1.29 is 13.2 Å². The van der Waals surface area contributed by atoms with E-state index in [4.69, 9.17) is 11.1 Å². The summed E-state index contributed by atoms with van der Waals surface area (Å²) < 4.78 is 38.0. The van der Waals surface area contributed by atoms with Crippen LogP contribution in [0.25, 0.3) is 0 Å². The quantitative estimate of drug-likeness (QED) is 0.512. The molecule has 0 saturated carbocycles. The Labute approximate surface area is 178 Å². The van der Waals surface area contributed by atoms with Crippen molar-refractivity contribution in [3.8, 4) is 0 Å². The summed E-state index contributed by atoms with van der Waals surface area (Å²) in [7, 11) is 0. The number of halogens is 3. The minimum atomic E-state index is -4.68. The lowest BCUT2D eigenvalue weighted by Gasteiger charge is -2.41. The largest absolute Gasteiger partial charge is 0.430 e. The number of nitrogens with zero attached hydrogens (tertiary/aromatic N) is 2. The molecule has 2 aromatic carbocycles. The van der Waals surface area contributed by atoms with Crippen molar-refractivity contribution in [3.63, 3.8) is 0 Å². The average Bonchev–Trinajstić information content (AvgIpc) is 2.74. The summed E-state index contributed by atoms with van der Waals surface area (Å²) in [4.78, 5) is 6.32. The van der Waals surface area contributed by atoms with Crippen molar-refractivity contribution in [2.45, 2.75) is 25.4 Å². The van der Waals surface area contributed by atoms with Crippen LogP contribution in [0.1, 0.15) is 30.7 Å². The van der Waals surface area contributed by atoms with E-state index in [9.17, 15) is 13.2 Å². The van der Waals surface area contributed by atoms with Crippen molar-refractivity contribution in [1.29, 1.82) is 5.41 Å². The molecule has 0 spiro atoms. The fraction of sp³-hybridized carbons (Fsp3) is 0.167. The number of nitrogens with one attached hydrogen (secondary N) is 1. The maximum Gasteiger partial charge on any atom is 0.430 e. The molecule has 0 unspecified atom stereocenters. The summed E-state index contributed by atoms with van der Waals surface area (Å²) >= 11 is 0. The SMILES string of the molecule is CC1(C)c2ccccc2N(c2ccc(C(=N)C=C(N)C(F)(F)F)nc2)c2ccccc21. The van der Waals surface area contributed by atoms with Crippen LogP contribution in [0.3, 0.4) is 0 Å². The third-order valence-electron chi connectivity index (χ3n) is 5.55. The second-order valence-electron chi connectivity index (χ2n) is 7.91. The van der Waals surface area contributed by atoms with Gasteiger partial charge >= 0.3 is 6.18 Å². The van der Waals surface area contributed by atoms with Gasteiger partial charge in [0.2, 0.25) is 0 Å². The van der Waals surface area contributed by atoms with Crippen molar-refractivity contribution in [3.05, 3.63) is 95.5 Å². The van der Waals surface area contributed by atoms with Gasteiger partial charge < -0.3 is 10.6 Å². The highest BCUT2D eigenvalue weighted by atomic mass is 19.4. The minimum absolute atomic E-state index is 0.106. The summed E-state index contributed by atoms with van der Waals surface area (Å²) in [6, 6.07) is 19.5. The smallest absolute Gasteiger partial charge is 0.395 e. The van der Waals surface area contributed by atoms with Crippen LogP contribution in [0.2, 0.25) is 0 Å². The molecule has 1 aliphatic rings. The molecule has 0 atom stereocenters. The van der Waals surface area contributed by atoms with Crippen LogP contribution in [-0.4, -0.2) is 16.9 Å². The third-order valence-corrected chi connectivity index (χ3v) is 5.55. The first kappa shape index (κ1) is 20.7. The molecule has 0 saturated heterocycles. The van der Waals surface area contributed by atoms with Gasteiger partial charge in [-0.2, -0.15) is 13.2 Å². The van der Waals surface area contributed by atoms with Crippen LogP contribution in [0.15, 0.2) is 78.6 Å². The van der Waals surface area contributed by atoms with Crippen LogP contribution in [0.5, 0.6) is 0 Å². The van der Waals surface area contributed by atoms with Crippen molar-refractivity contribution in [1.82, 2.24) is 4.98 Å². The van der Waals surface area contributed by atoms with Gasteiger partial charge in [0.15, 0.2) is 0 Å². The predicted octanol–water partition coefficient (Wildman–Crippen LogP) is 5.96. The van der Waals surface area contributed by atoms with E-state index < -0.39 is 17.6 Å². The molecule has 0 fully saturated rings. The molecule has 2 heterocycles. The number of fused-ring (bicyclic) bond motifs is 2. The molecule has 31 heavy (non-hydrogen) atoms. The molecule has 158 valence electrons. The molecule has 4 nitrogen and oxygen atoms in total. The number of anilines is 3. The molecule has 7 heteroatoms. The molecule has 1 aromatic heterocycles. The van der Waals surface area contributed by atoms with Crippen LogP contribution < -0.4 is 10.6 Å². The van der Waals surface area contributed by atoms with Gasteiger partial charge in [-0.05, 0) is 41.5 Å². The zero-order valence-electron chi connectivity index (χ0n) is 17.0. The Morgan fingerprint density at radius 3 is 2.00 bits per heavy atom. The summed E-state index contributed by atoms with van der Waals surface area (Å²) in [5.74, 6) is 0. The van der Waals surface area contributed by atoms with E-state index >= 15 is 0 Å². The highest BCUT2D eigenvalue weighted by Crippen LogP contribution is 2.51. The molecule has 0 aliphatic carbocycles. The number of para-hydroxylation sites is 2. The zero-order valence-corrected chi connectivity index (χ0v) is 17.0. The number of nitrogens with two attached hydrogens (primary N) is 1. The van der Waals surface area contributed by atoms with E-state index in [-0.39, 0.29) is 11.1 Å². The lowest BCUT2D eigenvalue weighted by molar-refractivity contribution is -0.0925. The number of aromatic nitrogens is 1. The molecule has 3 aromatic rings. The van der Waals surface area contributed by atoms with Gasteiger partial charge in [0, 0.05) is 5.41 Å². The van der Waals surface area contributed by atoms with E-state index in [1.165, 1.54) is 6.07 Å². The number of rotatable bonds is 3. The highest BCUT2D eigenvalue weighted by molar-refractivity contribution is 6.05. The molecular formula is C24H21F3N4. The molecule has 3 N–H and O–H groups in total. The number of hydrogen-bond donors (Lipinski definition) is 2. The zero-order chi connectivity index (χ0) is 22.4.